The van der Waals surface area contributed by atoms with E-state index in [-0.39, 0.29) is 18.9 Å². The Labute approximate surface area is 194 Å². The molecule has 0 fully saturated rings. The van der Waals surface area contributed by atoms with Gasteiger partial charge in [0.05, 0.1) is 18.5 Å². The van der Waals surface area contributed by atoms with Crippen molar-refractivity contribution in [2.45, 2.75) is 19.8 Å². The molecule has 0 aliphatic rings. The van der Waals surface area contributed by atoms with Gasteiger partial charge in [-0.15, -0.1) is 0 Å². The van der Waals surface area contributed by atoms with Crippen LogP contribution < -0.4 is 14.4 Å². The van der Waals surface area contributed by atoms with Gasteiger partial charge >= 0.3 is 0 Å². The van der Waals surface area contributed by atoms with Crippen molar-refractivity contribution in [3.05, 3.63) is 71.2 Å². The number of rotatable bonds is 10. The second-order valence-corrected chi connectivity index (χ2v) is 9.92. The van der Waals surface area contributed by atoms with Gasteiger partial charge in [-0.25, -0.2) is 8.42 Å². The fourth-order valence-corrected chi connectivity index (χ4v) is 4.59. The van der Waals surface area contributed by atoms with Crippen LogP contribution in [0.1, 0.15) is 18.4 Å². The van der Waals surface area contributed by atoms with Gasteiger partial charge in [-0.1, -0.05) is 48.0 Å². The van der Waals surface area contributed by atoms with E-state index in [2.05, 4.69) is 5.32 Å². The number of aryl methyl sites for hydroxylation is 1. The minimum Gasteiger partial charge on any atom is -0.492 e. The minimum atomic E-state index is -3.50. The average Bonchev–Trinajstić information content (AvgIpc) is 2.75. The van der Waals surface area contributed by atoms with Crippen molar-refractivity contribution in [2.24, 2.45) is 0 Å². The number of fused-ring (bicyclic) bond motifs is 1. The summed E-state index contributed by atoms with van der Waals surface area (Å²) in [6, 6.07) is 19.0. The minimum absolute atomic E-state index is 0.150. The first-order chi connectivity index (χ1) is 15.2. The van der Waals surface area contributed by atoms with Crippen LogP contribution in [0.4, 0.5) is 5.69 Å². The second kappa shape index (κ2) is 10.7. The average molecular weight is 475 g/mol. The van der Waals surface area contributed by atoms with Crippen LogP contribution >= 0.6 is 11.6 Å². The Morgan fingerprint density at radius 2 is 1.81 bits per heavy atom. The lowest BCUT2D eigenvalue weighted by molar-refractivity contribution is -0.121. The zero-order valence-electron chi connectivity index (χ0n) is 18.2. The zero-order valence-corrected chi connectivity index (χ0v) is 19.7. The molecule has 0 aromatic heterocycles. The lowest BCUT2D eigenvalue weighted by atomic mass is 10.1. The predicted octanol–water partition coefficient (Wildman–Crippen LogP) is 4.54. The van der Waals surface area contributed by atoms with Gasteiger partial charge in [0.2, 0.25) is 15.9 Å². The van der Waals surface area contributed by atoms with Gasteiger partial charge < -0.3 is 10.1 Å². The highest BCUT2D eigenvalue weighted by Gasteiger charge is 2.19. The van der Waals surface area contributed by atoms with Crippen molar-refractivity contribution in [3.63, 3.8) is 0 Å². The predicted molar refractivity (Wildman–Crippen MR) is 130 cm³/mol. The number of amides is 1. The third-order valence-electron chi connectivity index (χ3n) is 5.02. The van der Waals surface area contributed by atoms with Crippen molar-refractivity contribution in [2.75, 3.05) is 30.3 Å². The van der Waals surface area contributed by atoms with Crippen molar-refractivity contribution < 1.29 is 17.9 Å². The summed E-state index contributed by atoms with van der Waals surface area (Å²) in [5, 5.41) is 5.51. The summed E-state index contributed by atoms with van der Waals surface area (Å²) in [6.07, 6.45) is 1.75. The number of hydrogen-bond acceptors (Lipinski definition) is 4. The Bertz CT molecular complexity index is 1200. The lowest BCUT2D eigenvalue weighted by Crippen LogP contribution is -2.33. The van der Waals surface area contributed by atoms with Gasteiger partial charge in [0.15, 0.2) is 0 Å². The molecule has 0 aliphatic heterocycles. The molecule has 8 heteroatoms. The monoisotopic (exact) mass is 474 g/mol. The SMILES string of the molecule is Cc1ccc(Cl)cc1N(CCCC(=O)NCCOc1ccc2ccccc2c1)S(C)(=O)=O. The molecule has 3 aromatic carbocycles. The standard InChI is InChI=1S/C24H27ClN2O4S/c1-18-9-11-21(25)17-23(18)27(32(2,29)30)14-5-8-24(28)26-13-15-31-22-12-10-19-6-3-4-7-20(19)16-22/h3-4,6-7,9-12,16-17H,5,8,13-15H2,1-2H3,(H,26,28). The van der Waals surface area contributed by atoms with Gasteiger partial charge in [-0.3, -0.25) is 9.10 Å². The number of anilines is 1. The Morgan fingerprint density at radius 3 is 2.56 bits per heavy atom. The molecule has 32 heavy (non-hydrogen) atoms. The van der Waals surface area contributed by atoms with Gasteiger partial charge in [-0.05, 0) is 53.9 Å². The highest BCUT2D eigenvalue weighted by atomic mass is 35.5. The number of ether oxygens (including phenoxy) is 1. The molecule has 0 saturated heterocycles. The fraction of sp³-hybridized carbons (Fsp3) is 0.292. The van der Waals surface area contributed by atoms with Crippen molar-refractivity contribution in [3.8, 4) is 5.75 Å². The largest absolute Gasteiger partial charge is 0.492 e. The molecular formula is C24H27ClN2O4S. The summed E-state index contributed by atoms with van der Waals surface area (Å²) in [5.74, 6) is 0.599. The molecule has 0 atom stereocenters. The molecule has 0 radical (unpaired) electrons. The first-order valence-corrected chi connectivity index (χ1v) is 12.6. The van der Waals surface area contributed by atoms with Gasteiger partial charge in [0.25, 0.3) is 0 Å². The number of hydrogen-bond donors (Lipinski definition) is 1. The third kappa shape index (κ3) is 6.61. The van der Waals surface area contributed by atoms with Gasteiger partial charge in [0.1, 0.15) is 12.4 Å². The summed E-state index contributed by atoms with van der Waals surface area (Å²) in [5.41, 5.74) is 1.33. The first kappa shape index (κ1) is 23.9. The van der Waals surface area contributed by atoms with Crippen LogP contribution in [-0.2, 0) is 14.8 Å². The Hall–Kier alpha value is -2.77. The van der Waals surface area contributed by atoms with Crippen molar-refractivity contribution >= 4 is 44.0 Å². The van der Waals surface area contributed by atoms with E-state index in [4.69, 9.17) is 16.3 Å². The van der Waals surface area contributed by atoms with E-state index in [1.807, 2.05) is 49.4 Å². The zero-order chi connectivity index (χ0) is 23.1. The summed E-state index contributed by atoms with van der Waals surface area (Å²) in [4.78, 5) is 12.2. The summed E-state index contributed by atoms with van der Waals surface area (Å²) in [6.45, 7) is 2.74. The maximum Gasteiger partial charge on any atom is 0.232 e. The number of nitrogens with zero attached hydrogens (tertiary/aromatic N) is 1. The van der Waals surface area contributed by atoms with E-state index in [1.54, 1.807) is 18.2 Å². The Balaban J connectivity index is 1.44. The quantitative estimate of drug-likeness (QED) is 0.437. The normalized spacial score (nSPS) is 11.3. The lowest BCUT2D eigenvalue weighted by Gasteiger charge is -2.24. The third-order valence-corrected chi connectivity index (χ3v) is 6.43. The summed E-state index contributed by atoms with van der Waals surface area (Å²) < 4.78 is 31.5. The summed E-state index contributed by atoms with van der Waals surface area (Å²) >= 11 is 6.04. The van der Waals surface area contributed by atoms with E-state index in [0.29, 0.717) is 30.3 Å². The topological polar surface area (TPSA) is 75.7 Å². The van der Waals surface area contributed by atoms with E-state index in [1.165, 1.54) is 4.31 Å². The van der Waals surface area contributed by atoms with E-state index in [0.717, 1.165) is 28.3 Å². The van der Waals surface area contributed by atoms with Crippen LogP contribution in [0.25, 0.3) is 10.8 Å². The van der Waals surface area contributed by atoms with Gasteiger partial charge in [0, 0.05) is 18.0 Å². The van der Waals surface area contributed by atoms with Crippen molar-refractivity contribution in [1.82, 2.24) is 5.32 Å². The summed E-state index contributed by atoms with van der Waals surface area (Å²) in [7, 11) is -3.50. The molecule has 0 bridgehead atoms. The maximum absolute atomic E-state index is 12.3. The number of benzene rings is 3. The molecule has 0 spiro atoms. The molecule has 0 unspecified atom stereocenters. The molecule has 0 saturated carbocycles. The molecule has 0 aliphatic carbocycles. The van der Waals surface area contributed by atoms with E-state index < -0.39 is 10.0 Å². The van der Waals surface area contributed by atoms with E-state index >= 15 is 0 Å². The second-order valence-electron chi connectivity index (χ2n) is 7.58. The fourth-order valence-electron chi connectivity index (χ4n) is 3.40. The van der Waals surface area contributed by atoms with Crippen LogP contribution in [0.5, 0.6) is 5.75 Å². The molecule has 0 heterocycles. The highest BCUT2D eigenvalue weighted by molar-refractivity contribution is 7.92. The van der Waals surface area contributed by atoms with Crippen LogP contribution in [0, 0.1) is 6.92 Å². The molecule has 170 valence electrons. The molecular weight excluding hydrogens is 448 g/mol. The van der Waals surface area contributed by atoms with Gasteiger partial charge in [-0.2, -0.15) is 0 Å². The molecule has 3 aromatic rings. The smallest absolute Gasteiger partial charge is 0.232 e. The number of carbonyl (C=O) groups excluding carboxylic acids is 1. The number of carbonyl (C=O) groups is 1. The number of nitrogens with one attached hydrogen (secondary N) is 1. The molecule has 1 N–H and O–H groups in total. The Morgan fingerprint density at radius 1 is 1.06 bits per heavy atom. The Kier molecular flexibility index (Phi) is 7.99. The van der Waals surface area contributed by atoms with Crippen LogP contribution in [0.15, 0.2) is 60.7 Å². The molecule has 1 amide bonds. The molecule has 6 nitrogen and oxygen atoms in total. The van der Waals surface area contributed by atoms with Crippen molar-refractivity contribution in [1.29, 1.82) is 0 Å². The van der Waals surface area contributed by atoms with Crippen LogP contribution in [0.2, 0.25) is 5.02 Å². The highest BCUT2D eigenvalue weighted by Crippen LogP contribution is 2.26. The maximum atomic E-state index is 12.3. The first-order valence-electron chi connectivity index (χ1n) is 10.4. The number of halogens is 1. The number of sulfonamides is 1. The van der Waals surface area contributed by atoms with E-state index in [9.17, 15) is 13.2 Å². The van der Waals surface area contributed by atoms with Crippen LogP contribution in [-0.4, -0.2) is 40.3 Å². The van der Waals surface area contributed by atoms with Crippen LogP contribution in [0.3, 0.4) is 0 Å². The molecule has 3 rings (SSSR count).